The molecule has 0 aromatic heterocycles. The summed E-state index contributed by atoms with van der Waals surface area (Å²) in [5.74, 6) is -1.14. The fourth-order valence-corrected chi connectivity index (χ4v) is 3.15. The number of esters is 1. The van der Waals surface area contributed by atoms with Crippen LogP contribution in [0.25, 0.3) is 0 Å². The summed E-state index contributed by atoms with van der Waals surface area (Å²) in [5, 5.41) is 10.9. The van der Waals surface area contributed by atoms with Gasteiger partial charge in [-0.3, -0.25) is 14.9 Å². The van der Waals surface area contributed by atoms with Crippen molar-refractivity contribution in [2.75, 3.05) is 7.11 Å². The predicted molar refractivity (Wildman–Crippen MR) is 74.1 cm³/mol. The fraction of sp³-hybridized carbons (Fsp3) is 0.417. The number of carbonyl (C=O) groups is 1. The summed E-state index contributed by atoms with van der Waals surface area (Å²) in [6, 6.07) is 3.79. The van der Waals surface area contributed by atoms with Crippen molar-refractivity contribution in [3.8, 4) is 0 Å². The lowest BCUT2D eigenvalue weighted by Gasteiger charge is -2.19. The van der Waals surface area contributed by atoms with Crippen LogP contribution in [0.15, 0.2) is 29.2 Å². The van der Waals surface area contributed by atoms with E-state index >= 15 is 0 Å². The third kappa shape index (κ3) is 3.99. The van der Waals surface area contributed by atoms with E-state index in [0.717, 1.165) is 19.2 Å². The number of para-hydroxylation sites is 1. The average molecular weight is 316 g/mol. The Morgan fingerprint density at radius 1 is 1.33 bits per heavy atom. The van der Waals surface area contributed by atoms with E-state index in [1.54, 1.807) is 13.8 Å². The van der Waals surface area contributed by atoms with Crippen LogP contribution >= 0.6 is 0 Å². The van der Waals surface area contributed by atoms with E-state index in [0.29, 0.717) is 0 Å². The highest BCUT2D eigenvalue weighted by atomic mass is 32.2. The molecule has 0 saturated heterocycles. The maximum Gasteiger partial charge on any atom is 0.324 e. The zero-order chi connectivity index (χ0) is 16.2. The number of hydrogen-bond donors (Lipinski definition) is 1. The number of nitro benzene ring substituents is 1. The topological polar surface area (TPSA) is 116 Å². The van der Waals surface area contributed by atoms with Gasteiger partial charge >= 0.3 is 5.97 Å². The number of methoxy groups -OCH3 is 1. The van der Waals surface area contributed by atoms with Gasteiger partial charge < -0.3 is 4.74 Å². The van der Waals surface area contributed by atoms with Crippen molar-refractivity contribution < 1.29 is 22.9 Å². The molecule has 0 spiro atoms. The van der Waals surface area contributed by atoms with E-state index < -0.39 is 37.5 Å². The maximum atomic E-state index is 12.3. The van der Waals surface area contributed by atoms with Crippen molar-refractivity contribution in [1.29, 1.82) is 0 Å². The number of nitro groups is 1. The molecule has 0 aliphatic carbocycles. The molecule has 8 nitrogen and oxygen atoms in total. The second kappa shape index (κ2) is 6.64. The van der Waals surface area contributed by atoms with Crippen LogP contribution in [0.5, 0.6) is 0 Å². The summed E-state index contributed by atoms with van der Waals surface area (Å²) in [7, 11) is -3.09. The van der Waals surface area contributed by atoms with Crippen LogP contribution < -0.4 is 4.72 Å². The van der Waals surface area contributed by atoms with Gasteiger partial charge in [0.25, 0.3) is 5.69 Å². The van der Waals surface area contributed by atoms with Crippen LogP contribution in [-0.2, 0) is 19.6 Å². The zero-order valence-electron chi connectivity index (χ0n) is 11.8. The van der Waals surface area contributed by atoms with E-state index in [9.17, 15) is 23.3 Å². The number of ether oxygens (including phenoxy) is 1. The molecule has 0 unspecified atom stereocenters. The summed E-state index contributed by atoms with van der Waals surface area (Å²) in [4.78, 5) is 21.2. The maximum absolute atomic E-state index is 12.3. The van der Waals surface area contributed by atoms with Crippen LogP contribution in [-0.4, -0.2) is 32.5 Å². The van der Waals surface area contributed by atoms with Gasteiger partial charge in [-0.1, -0.05) is 26.0 Å². The molecular formula is C12H16N2O6S. The fourth-order valence-electron chi connectivity index (χ4n) is 1.65. The van der Waals surface area contributed by atoms with E-state index in [-0.39, 0.29) is 5.92 Å². The van der Waals surface area contributed by atoms with Crippen LogP contribution in [0.2, 0.25) is 0 Å². The lowest BCUT2D eigenvalue weighted by Crippen LogP contribution is -2.45. The predicted octanol–water partition coefficient (Wildman–Crippen LogP) is 1.07. The van der Waals surface area contributed by atoms with E-state index in [1.165, 1.54) is 12.1 Å². The molecule has 0 bridgehead atoms. The summed E-state index contributed by atoms with van der Waals surface area (Å²) < 4.78 is 31.2. The minimum absolute atomic E-state index is 0.380. The molecule has 21 heavy (non-hydrogen) atoms. The summed E-state index contributed by atoms with van der Waals surface area (Å²) in [5.41, 5.74) is -0.558. The van der Waals surface area contributed by atoms with Gasteiger partial charge in [-0.25, -0.2) is 8.42 Å². The Hall–Kier alpha value is -2.00. The Balaban J connectivity index is 3.23. The molecule has 1 N–H and O–H groups in total. The summed E-state index contributed by atoms with van der Waals surface area (Å²) >= 11 is 0. The first-order chi connectivity index (χ1) is 9.70. The third-order valence-corrected chi connectivity index (χ3v) is 4.24. The van der Waals surface area contributed by atoms with Gasteiger partial charge in [0, 0.05) is 6.07 Å². The van der Waals surface area contributed by atoms with Crippen molar-refractivity contribution >= 4 is 21.7 Å². The first-order valence-electron chi connectivity index (χ1n) is 6.04. The highest BCUT2D eigenvalue weighted by molar-refractivity contribution is 7.89. The van der Waals surface area contributed by atoms with Gasteiger partial charge in [0.2, 0.25) is 10.0 Å². The number of carbonyl (C=O) groups excluding carboxylic acids is 1. The molecular weight excluding hydrogens is 300 g/mol. The molecule has 1 aromatic carbocycles. The van der Waals surface area contributed by atoms with E-state index in [4.69, 9.17) is 0 Å². The average Bonchev–Trinajstić information content (AvgIpc) is 2.43. The van der Waals surface area contributed by atoms with Crippen LogP contribution in [0, 0.1) is 16.0 Å². The largest absolute Gasteiger partial charge is 0.468 e. The molecule has 0 saturated carbocycles. The standard InChI is InChI=1S/C12H16N2O6S/c1-8(2)11(12(15)20-3)13-21(18,19)10-7-5-4-6-9(10)14(16)17/h4-8,11,13H,1-3H3/t11-/m0/s1. The van der Waals surface area contributed by atoms with Crippen LogP contribution in [0.1, 0.15) is 13.8 Å². The number of rotatable bonds is 6. The zero-order valence-corrected chi connectivity index (χ0v) is 12.6. The third-order valence-electron chi connectivity index (χ3n) is 2.76. The Bertz CT molecular complexity index is 641. The lowest BCUT2D eigenvalue weighted by atomic mass is 10.1. The minimum Gasteiger partial charge on any atom is -0.468 e. The lowest BCUT2D eigenvalue weighted by molar-refractivity contribution is -0.387. The van der Waals surface area contributed by atoms with E-state index in [1.807, 2.05) is 0 Å². The number of sulfonamides is 1. The molecule has 0 aliphatic heterocycles. The SMILES string of the molecule is COC(=O)[C@@H](NS(=O)(=O)c1ccccc1[N+](=O)[O-])C(C)C. The highest BCUT2D eigenvalue weighted by Crippen LogP contribution is 2.23. The molecule has 1 aromatic rings. The van der Waals surface area contributed by atoms with Crippen molar-refractivity contribution in [3.63, 3.8) is 0 Å². The first-order valence-corrected chi connectivity index (χ1v) is 7.52. The Kier molecular flexibility index (Phi) is 5.39. The molecule has 116 valence electrons. The molecule has 0 heterocycles. The van der Waals surface area contributed by atoms with Gasteiger partial charge in [-0.2, -0.15) is 4.72 Å². The second-order valence-corrected chi connectivity index (χ2v) is 6.27. The quantitative estimate of drug-likeness (QED) is 0.477. The van der Waals surface area contributed by atoms with Crippen molar-refractivity contribution in [1.82, 2.24) is 4.72 Å². The molecule has 9 heteroatoms. The number of hydrogen-bond acceptors (Lipinski definition) is 6. The molecule has 0 radical (unpaired) electrons. The summed E-state index contributed by atoms with van der Waals surface area (Å²) in [6.45, 7) is 3.26. The first kappa shape index (κ1) is 17.1. The minimum atomic E-state index is -4.23. The number of nitrogens with zero attached hydrogens (tertiary/aromatic N) is 1. The highest BCUT2D eigenvalue weighted by Gasteiger charge is 2.32. The Morgan fingerprint density at radius 2 is 1.90 bits per heavy atom. The van der Waals surface area contributed by atoms with Gasteiger partial charge in [0.1, 0.15) is 6.04 Å². The Labute approximate surface area is 122 Å². The van der Waals surface area contributed by atoms with Gasteiger partial charge in [0.15, 0.2) is 4.90 Å². The smallest absolute Gasteiger partial charge is 0.324 e. The molecule has 1 rings (SSSR count). The second-order valence-electron chi connectivity index (χ2n) is 4.59. The number of nitrogens with one attached hydrogen (secondary N) is 1. The van der Waals surface area contributed by atoms with E-state index in [2.05, 4.69) is 9.46 Å². The molecule has 1 atom stereocenters. The van der Waals surface area contributed by atoms with Crippen LogP contribution in [0.3, 0.4) is 0 Å². The molecule has 0 fully saturated rings. The van der Waals surface area contributed by atoms with Crippen molar-refractivity contribution in [2.45, 2.75) is 24.8 Å². The number of benzene rings is 1. The van der Waals surface area contributed by atoms with Crippen molar-refractivity contribution in [3.05, 3.63) is 34.4 Å². The Morgan fingerprint density at radius 3 is 2.38 bits per heavy atom. The monoisotopic (exact) mass is 316 g/mol. The van der Waals surface area contributed by atoms with Crippen molar-refractivity contribution in [2.24, 2.45) is 5.92 Å². The van der Waals surface area contributed by atoms with Gasteiger partial charge in [0.05, 0.1) is 12.0 Å². The normalized spacial score (nSPS) is 13.0. The van der Waals surface area contributed by atoms with Gasteiger partial charge in [-0.05, 0) is 12.0 Å². The molecule has 0 amide bonds. The summed E-state index contributed by atoms with van der Waals surface area (Å²) in [6.07, 6.45) is 0. The van der Waals surface area contributed by atoms with Gasteiger partial charge in [-0.15, -0.1) is 0 Å². The molecule has 0 aliphatic rings. The van der Waals surface area contributed by atoms with Crippen LogP contribution in [0.4, 0.5) is 5.69 Å².